The van der Waals surface area contributed by atoms with Gasteiger partial charge in [0.15, 0.2) is 11.9 Å². The SMILES string of the molecule is CCCCC(OC(C)=O)C(=O)CCOC(C)=O. The van der Waals surface area contributed by atoms with Crippen molar-refractivity contribution in [3.05, 3.63) is 0 Å². The van der Waals surface area contributed by atoms with Gasteiger partial charge in [0, 0.05) is 20.3 Å². The van der Waals surface area contributed by atoms with E-state index in [1.54, 1.807) is 0 Å². The number of carbonyl (C=O) groups excluding carboxylic acids is 3. The van der Waals surface area contributed by atoms with Crippen LogP contribution >= 0.6 is 0 Å². The van der Waals surface area contributed by atoms with Crippen LogP contribution < -0.4 is 0 Å². The van der Waals surface area contributed by atoms with Crippen LogP contribution in [0.1, 0.15) is 46.5 Å². The Morgan fingerprint density at radius 2 is 1.76 bits per heavy atom. The summed E-state index contributed by atoms with van der Waals surface area (Å²) in [7, 11) is 0. The molecule has 0 radical (unpaired) electrons. The van der Waals surface area contributed by atoms with Gasteiger partial charge in [-0.2, -0.15) is 0 Å². The molecule has 0 fully saturated rings. The molecule has 0 aromatic carbocycles. The van der Waals surface area contributed by atoms with E-state index in [-0.39, 0.29) is 18.8 Å². The molecule has 0 aromatic rings. The van der Waals surface area contributed by atoms with E-state index in [1.807, 2.05) is 6.92 Å². The Morgan fingerprint density at radius 1 is 1.12 bits per heavy atom. The summed E-state index contributed by atoms with van der Waals surface area (Å²) in [5, 5.41) is 0. The molecule has 1 atom stereocenters. The zero-order valence-electron chi connectivity index (χ0n) is 10.7. The van der Waals surface area contributed by atoms with Crippen molar-refractivity contribution in [2.24, 2.45) is 0 Å². The maximum atomic E-state index is 11.7. The Morgan fingerprint density at radius 3 is 2.24 bits per heavy atom. The quantitative estimate of drug-likeness (QED) is 0.607. The largest absolute Gasteiger partial charge is 0.465 e. The molecular weight excluding hydrogens is 224 g/mol. The lowest BCUT2D eigenvalue weighted by atomic mass is 10.1. The van der Waals surface area contributed by atoms with Gasteiger partial charge in [-0.25, -0.2) is 0 Å². The van der Waals surface area contributed by atoms with Gasteiger partial charge in [-0.3, -0.25) is 14.4 Å². The summed E-state index contributed by atoms with van der Waals surface area (Å²) >= 11 is 0. The molecule has 0 rings (SSSR count). The van der Waals surface area contributed by atoms with Crippen molar-refractivity contribution < 1.29 is 23.9 Å². The first-order valence-corrected chi connectivity index (χ1v) is 5.80. The van der Waals surface area contributed by atoms with Crippen LogP contribution in [0.25, 0.3) is 0 Å². The standard InChI is InChI=1S/C12H20O5/c1-4-5-6-12(17-10(3)14)11(15)7-8-16-9(2)13/h12H,4-8H2,1-3H3. The number of rotatable bonds is 8. The van der Waals surface area contributed by atoms with Gasteiger partial charge >= 0.3 is 11.9 Å². The maximum absolute atomic E-state index is 11.7. The van der Waals surface area contributed by atoms with Gasteiger partial charge in [0.25, 0.3) is 0 Å². The Hall–Kier alpha value is -1.39. The Labute approximate surface area is 101 Å². The first-order chi connectivity index (χ1) is 7.97. The summed E-state index contributed by atoms with van der Waals surface area (Å²) in [5.41, 5.74) is 0. The fourth-order valence-electron chi connectivity index (χ4n) is 1.33. The molecule has 0 N–H and O–H groups in total. The number of Topliss-reactive ketones (excluding diaryl/α,β-unsaturated/α-hetero) is 1. The van der Waals surface area contributed by atoms with Gasteiger partial charge in [-0.15, -0.1) is 0 Å². The molecule has 0 saturated carbocycles. The third kappa shape index (κ3) is 8.42. The Balaban J connectivity index is 4.11. The summed E-state index contributed by atoms with van der Waals surface area (Å²) in [6, 6.07) is 0. The second-order valence-electron chi connectivity index (χ2n) is 3.80. The highest BCUT2D eigenvalue weighted by Gasteiger charge is 2.20. The topological polar surface area (TPSA) is 69.7 Å². The predicted octanol–water partition coefficient (Wildman–Crippen LogP) is 1.63. The number of hydrogen-bond donors (Lipinski definition) is 0. The molecule has 5 heteroatoms. The minimum absolute atomic E-state index is 0.0397. The zero-order chi connectivity index (χ0) is 13.3. The second-order valence-corrected chi connectivity index (χ2v) is 3.80. The van der Waals surface area contributed by atoms with Gasteiger partial charge in [0.05, 0.1) is 6.61 Å². The van der Waals surface area contributed by atoms with Crippen molar-refractivity contribution in [2.45, 2.75) is 52.6 Å². The number of ketones is 1. The van der Waals surface area contributed by atoms with Gasteiger partial charge in [0.2, 0.25) is 0 Å². The highest BCUT2D eigenvalue weighted by atomic mass is 16.5. The van der Waals surface area contributed by atoms with E-state index in [1.165, 1.54) is 13.8 Å². The molecule has 0 heterocycles. The minimum Gasteiger partial charge on any atom is -0.465 e. The second kappa shape index (κ2) is 8.73. The number of hydrogen-bond acceptors (Lipinski definition) is 5. The monoisotopic (exact) mass is 244 g/mol. The van der Waals surface area contributed by atoms with Crippen LogP contribution in [0.3, 0.4) is 0 Å². The van der Waals surface area contributed by atoms with Crippen molar-refractivity contribution in [1.29, 1.82) is 0 Å². The lowest BCUT2D eigenvalue weighted by Crippen LogP contribution is -2.27. The summed E-state index contributed by atoms with van der Waals surface area (Å²) in [6.45, 7) is 4.59. The molecule has 0 aromatic heterocycles. The van der Waals surface area contributed by atoms with Crippen molar-refractivity contribution in [3.63, 3.8) is 0 Å². The van der Waals surface area contributed by atoms with E-state index in [2.05, 4.69) is 4.74 Å². The van der Waals surface area contributed by atoms with E-state index in [0.29, 0.717) is 6.42 Å². The highest BCUT2D eigenvalue weighted by Crippen LogP contribution is 2.08. The molecule has 0 aliphatic rings. The molecule has 0 spiro atoms. The summed E-state index contributed by atoms with van der Waals surface area (Å²) in [6.07, 6.45) is 1.64. The minimum atomic E-state index is -0.706. The van der Waals surface area contributed by atoms with Crippen LogP contribution in [0.5, 0.6) is 0 Å². The summed E-state index contributed by atoms with van der Waals surface area (Å²) in [5.74, 6) is -1.09. The van der Waals surface area contributed by atoms with E-state index < -0.39 is 18.0 Å². The van der Waals surface area contributed by atoms with Crippen LogP contribution in [0.15, 0.2) is 0 Å². The fraction of sp³-hybridized carbons (Fsp3) is 0.750. The zero-order valence-corrected chi connectivity index (χ0v) is 10.7. The van der Waals surface area contributed by atoms with E-state index in [4.69, 9.17) is 4.74 Å². The fourth-order valence-corrected chi connectivity index (χ4v) is 1.33. The van der Waals surface area contributed by atoms with Gasteiger partial charge in [-0.05, 0) is 12.8 Å². The van der Waals surface area contributed by atoms with Gasteiger partial charge in [-0.1, -0.05) is 13.3 Å². The van der Waals surface area contributed by atoms with Crippen molar-refractivity contribution in [2.75, 3.05) is 6.61 Å². The van der Waals surface area contributed by atoms with Crippen molar-refractivity contribution >= 4 is 17.7 Å². The Kier molecular flexibility index (Phi) is 8.01. The average molecular weight is 244 g/mol. The Bertz CT molecular complexity index is 272. The first-order valence-electron chi connectivity index (χ1n) is 5.80. The van der Waals surface area contributed by atoms with E-state index in [9.17, 15) is 14.4 Å². The lowest BCUT2D eigenvalue weighted by Gasteiger charge is -2.15. The first kappa shape index (κ1) is 15.6. The number of carbonyl (C=O) groups is 3. The normalized spacial score (nSPS) is 11.7. The number of unbranched alkanes of at least 4 members (excludes halogenated alkanes) is 1. The number of esters is 2. The molecule has 0 aliphatic heterocycles. The van der Waals surface area contributed by atoms with Crippen LogP contribution in [0.2, 0.25) is 0 Å². The summed E-state index contributed by atoms with van der Waals surface area (Å²) < 4.78 is 9.61. The van der Waals surface area contributed by atoms with Crippen LogP contribution in [0.4, 0.5) is 0 Å². The molecular formula is C12H20O5. The molecule has 0 bridgehead atoms. The van der Waals surface area contributed by atoms with Crippen LogP contribution in [-0.2, 0) is 23.9 Å². The van der Waals surface area contributed by atoms with Crippen molar-refractivity contribution in [3.8, 4) is 0 Å². The molecule has 5 nitrogen and oxygen atoms in total. The van der Waals surface area contributed by atoms with Gasteiger partial charge < -0.3 is 9.47 Å². The third-order valence-electron chi connectivity index (χ3n) is 2.14. The van der Waals surface area contributed by atoms with Gasteiger partial charge in [0.1, 0.15) is 0 Å². The molecule has 17 heavy (non-hydrogen) atoms. The molecule has 1 unspecified atom stereocenters. The number of ether oxygens (including phenoxy) is 2. The van der Waals surface area contributed by atoms with E-state index >= 15 is 0 Å². The molecule has 0 saturated heterocycles. The highest BCUT2D eigenvalue weighted by molar-refractivity contribution is 5.85. The smallest absolute Gasteiger partial charge is 0.303 e. The molecule has 98 valence electrons. The lowest BCUT2D eigenvalue weighted by molar-refractivity contribution is -0.154. The third-order valence-corrected chi connectivity index (χ3v) is 2.14. The van der Waals surface area contributed by atoms with E-state index in [0.717, 1.165) is 12.8 Å². The molecule has 0 aliphatic carbocycles. The maximum Gasteiger partial charge on any atom is 0.303 e. The average Bonchev–Trinajstić information content (AvgIpc) is 2.22. The predicted molar refractivity (Wildman–Crippen MR) is 61.3 cm³/mol. The van der Waals surface area contributed by atoms with Crippen molar-refractivity contribution in [1.82, 2.24) is 0 Å². The van der Waals surface area contributed by atoms with Crippen LogP contribution in [0, 0.1) is 0 Å². The molecule has 0 amide bonds. The summed E-state index contributed by atoms with van der Waals surface area (Å²) in [4.78, 5) is 33.1. The van der Waals surface area contributed by atoms with Crippen LogP contribution in [-0.4, -0.2) is 30.4 Å².